The lowest BCUT2D eigenvalue weighted by molar-refractivity contribution is -0.683. The highest BCUT2D eigenvalue weighted by molar-refractivity contribution is 6.31. The van der Waals surface area contributed by atoms with Crippen molar-refractivity contribution in [1.82, 2.24) is 4.90 Å². The predicted molar refractivity (Wildman–Crippen MR) is 107 cm³/mol. The van der Waals surface area contributed by atoms with Crippen molar-refractivity contribution in [3.05, 3.63) is 64.1 Å². The molecule has 0 bridgehead atoms. The Hall–Kier alpha value is -1.75. The zero-order valence-corrected chi connectivity index (χ0v) is 16.4. The van der Waals surface area contributed by atoms with Gasteiger partial charge in [0.05, 0.1) is 0 Å². The summed E-state index contributed by atoms with van der Waals surface area (Å²) < 4.78 is 0. The van der Waals surface area contributed by atoms with Crippen molar-refractivity contribution in [2.45, 2.75) is 13.0 Å². The van der Waals surface area contributed by atoms with Crippen LogP contribution in [0.15, 0.2) is 48.5 Å². The van der Waals surface area contributed by atoms with Gasteiger partial charge in [-0.05, 0) is 37.3 Å². The third-order valence-electron chi connectivity index (χ3n) is 4.85. The van der Waals surface area contributed by atoms with Crippen LogP contribution in [-0.2, 0) is 4.79 Å². The second kappa shape index (κ2) is 8.76. The first kappa shape index (κ1) is 19.0. The number of anilines is 1. The third-order valence-corrected chi connectivity index (χ3v) is 5.33. The second-order valence-corrected chi connectivity index (χ2v) is 7.50. The van der Waals surface area contributed by atoms with Gasteiger partial charge >= 0.3 is 0 Å². The van der Waals surface area contributed by atoms with Crippen LogP contribution in [0.2, 0.25) is 10.0 Å². The fourth-order valence-corrected chi connectivity index (χ4v) is 3.51. The van der Waals surface area contributed by atoms with E-state index in [9.17, 15) is 4.79 Å². The van der Waals surface area contributed by atoms with E-state index < -0.39 is 0 Å². The highest BCUT2D eigenvalue weighted by Crippen LogP contribution is 2.20. The van der Waals surface area contributed by atoms with E-state index in [1.807, 2.05) is 47.4 Å². The maximum atomic E-state index is 12.5. The van der Waals surface area contributed by atoms with Gasteiger partial charge in [-0.15, -0.1) is 0 Å². The number of quaternary nitrogens is 1. The largest absolute Gasteiger partial charge is 0.368 e. The van der Waals surface area contributed by atoms with Crippen molar-refractivity contribution in [3.63, 3.8) is 0 Å². The Morgan fingerprint density at radius 1 is 1.04 bits per heavy atom. The minimum atomic E-state index is 0.191. The lowest BCUT2D eigenvalue weighted by Gasteiger charge is -2.36. The van der Waals surface area contributed by atoms with Gasteiger partial charge in [-0.25, -0.2) is 0 Å². The summed E-state index contributed by atoms with van der Waals surface area (Å²) in [5, 5.41) is 3.55. The molecule has 0 spiro atoms. The number of nitrogens with zero attached hydrogens (tertiary/aromatic N) is 2. The average molecular weight is 393 g/mol. The summed E-state index contributed by atoms with van der Waals surface area (Å²) in [5.41, 5.74) is 2.29. The molecule has 1 amide bonds. The fourth-order valence-electron chi connectivity index (χ4n) is 3.20. The lowest BCUT2D eigenvalue weighted by Crippen LogP contribution is -2.87. The highest BCUT2D eigenvalue weighted by atomic mass is 35.5. The van der Waals surface area contributed by atoms with Gasteiger partial charge in [0, 0.05) is 47.5 Å². The maximum absolute atomic E-state index is 12.5. The quantitative estimate of drug-likeness (QED) is 0.849. The zero-order chi connectivity index (χ0) is 18.5. The number of amides is 1. The molecule has 4 nitrogen and oxygen atoms in total. The Kier molecular flexibility index (Phi) is 6.41. The van der Waals surface area contributed by atoms with Gasteiger partial charge in [-0.1, -0.05) is 41.4 Å². The molecular weight excluding hydrogens is 369 g/mol. The SMILES string of the molecule is C[C@H]([NH2+]CC(=O)N1CCN(c2cccc(Cl)c2)CC1)c1ccc(Cl)cc1. The number of piperazine rings is 1. The van der Waals surface area contributed by atoms with Crippen molar-refractivity contribution in [3.8, 4) is 0 Å². The normalized spacial score (nSPS) is 15.8. The standard InChI is InChI=1S/C20H23Cl2N3O/c1-15(16-5-7-17(21)8-6-16)23-14-20(26)25-11-9-24(10-12-25)19-4-2-3-18(22)13-19/h2-8,13,15,23H,9-12,14H2,1H3/p+1/t15-/m0/s1. The van der Waals surface area contributed by atoms with E-state index in [2.05, 4.69) is 23.2 Å². The summed E-state index contributed by atoms with van der Waals surface area (Å²) >= 11 is 12.0. The molecule has 1 aliphatic heterocycles. The van der Waals surface area contributed by atoms with E-state index >= 15 is 0 Å². The van der Waals surface area contributed by atoms with Gasteiger partial charge in [-0.3, -0.25) is 4.79 Å². The van der Waals surface area contributed by atoms with Crippen LogP contribution in [0.3, 0.4) is 0 Å². The molecular formula is C20H24Cl2N3O+. The van der Waals surface area contributed by atoms with Crippen molar-refractivity contribution >= 4 is 34.8 Å². The molecule has 3 rings (SSSR count). The van der Waals surface area contributed by atoms with Crippen LogP contribution < -0.4 is 10.2 Å². The van der Waals surface area contributed by atoms with Crippen molar-refractivity contribution in [2.24, 2.45) is 0 Å². The predicted octanol–water partition coefficient (Wildman–Crippen LogP) is 2.97. The molecule has 1 fully saturated rings. The summed E-state index contributed by atoms with van der Waals surface area (Å²) in [6, 6.07) is 15.9. The highest BCUT2D eigenvalue weighted by Gasteiger charge is 2.23. The third kappa shape index (κ3) is 4.91. The molecule has 0 saturated carbocycles. The van der Waals surface area contributed by atoms with Gasteiger partial charge < -0.3 is 15.1 Å². The average Bonchev–Trinajstić information content (AvgIpc) is 2.66. The first-order chi connectivity index (χ1) is 12.5. The molecule has 138 valence electrons. The number of hydrogen-bond donors (Lipinski definition) is 1. The van der Waals surface area contributed by atoms with Crippen LogP contribution in [0, 0.1) is 0 Å². The number of hydrogen-bond acceptors (Lipinski definition) is 2. The molecule has 2 N–H and O–H groups in total. The Morgan fingerprint density at radius 3 is 2.38 bits per heavy atom. The molecule has 2 aromatic carbocycles. The first-order valence-electron chi connectivity index (χ1n) is 8.90. The van der Waals surface area contributed by atoms with Gasteiger partial charge in [0.2, 0.25) is 0 Å². The summed E-state index contributed by atoms with van der Waals surface area (Å²) in [4.78, 5) is 16.7. The second-order valence-electron chi connectivity index (χ2n) is 6.63. The van der Waals surface area contributed by atoms with Crippen molar-refractivity contribution < 1.29 is 10.1 Å². The minimum absolute atomic E-state index is 0.191. The molecule has 1 saturated heterocycles. The Balaban J connectivity index is 1.47. The van der Waals surface area contributed by atoms with Gasteiger partial charge in [0.25, 0.3) is 5.91 Å². The molecule has 26 heavy (non-hydrogen) atoms. The number of rotatable bonds is 5. The summed E-state index contributed by atoms with van der Waals surface area (Å²) in [6.45, 7) is 5.72. The van der Waals surface area contributed by atoms with Gasteiger partial charge in [-0.2, -0.15) is 0 Å². The van der Waals surface area contributed by atoms with E-state index in [1.54, 1.807) is 0 Å². The van der Waals surface area contributed by atoms with Gasteiger partial charge in [0.1, 0.15) is 6.04 Å². The molecule has 1 aliphatic rings. The topological polar surface area (TPSA) is 40.2 Å². The minimum Gasteiger partial charge on any atom is -0.368 e. The van der Waals surface area contributed by atoms with Crippen molar-refractivity contribution in [2.75, 3.05) is 37.6 Å². The fraction of sp³-hybridized carbons (Fsp3) is 0.350. The summed E-state index contributed by atoms with van der Waals surface area (Å²) in [7, 11) is 0. The molecule has 2 aromatic rings. The Labute approximate surface area is 164 Å². The zero-order valence-electron chi connectivity index (χ0n) is 14.9. The van der Waals surface area contributed by atoms with E-state index in [1.165, 1.54) is 5.56 Å². The summed E-state index contributed by atoms with van der Waals surface area (Å²) in [5.74, 6) is 0.191. The van der Waals surface area contributed by atoms with Crippen LogP contribution >= 0.6 is 23.2 Å². The Morgan fingerprint density at radius 2 is 1.73 bits per heavy atom. The maximum Gasteiger partial charge on any atom is 0.277 e. The molecule has 0 radical (unpaired) electrons. The molecule has 0 unspecified atom stereocenters. The van der Waals surface area contributed by atoms with E-state index in [0.717, 1.165) is 41.9 Å². The number of halogens is 2. The lowest BCUT2D eigenvalue weighted by atomic mass is 10.1. The van der Waals surface area contributed by atoms with Gasteiger partial charge in [0.15, 0.2) is 6.54 Å². The van der Waals surface area contributed by atoms with Crippen molar-refractivity contribution in [1.29, 1.82) is 0 Å². The molecule has 0 aliphatic carbocycles. The number of carbonyl (C=O) groups is 1. The number of nitrogens with two attached hydrogens (primary N) is 1. The number of benzene rings is 2. The van der Waals surface area contributed by atoms with E-state index in [0.29, 0.717) is 6.54 Å². The summed E-state index contributed by atoms with van der Waals surface area (Å²) in [6.07, 6.45) is 0. The number of carbonyl (C=O) groups excluding carboxylic acids is 1. The van der Waals surface area contributed by atoms with Crippen LogP contribution in [0.4, 0.5) is 5.69 Å². The first-order valence-corrected chi connectivity index (χ1v) is 9.65. The molecule has 0 aromatic heterocycles. The Bertz CT molecular complexity index is 743. The van der Waals surface area contributed by atoms with E-state index in [-0.39, 0.29) is 11.9 Å². The van der Waals surface area contributed by atoms with Crippen LogP contribution in [0.1, 0.15) is 18.5 Å². The van der Waals surface area contributed by atoms with Crippen LogP contribution in [0.5, 0.6) is 0 Å². The van der Waals surface area contributed by atoms with E-state index in [4.69, 9.17) is 23.2 Å². The smallest absolute Gasteiger partial charge is 0.277 e. The molecule has 1 atom stereocenters. The molecule has 1 heterocycles. The van der Waals surface area contributed by atoms with Crippen LogP contribution in [0.25, 0.3) is 0 Å². The van der Waals surface area contributed by atoms with Crippen LogP contribution in [-0.4, -0.2) is 43.5 Å². The molecule has 6 heteroatoms. The monoisotopic (exact) mass is 392 g/mol.